The van der Waals surface area contributed by atoms with Gasteiger partial charge in [-0.1, -0.05) is 27.7 Å². The van der Waals surface area contributed by atoms with Crippen molar-refractivity contribution in [2.45, 2.75) is 16.0 Å². The summed E-state index contributed by atoms with van der Waals surface area (Å²) in [7, 11) is 0. The average molecular weight is 384 g/mol. The highest BCUT2D eigenvalue weighted by Gasteiger charge is 2.34. The number of alkyl halides is 3. The van der Waals surface area contributed by atoms with E-state index in [0.29, 0.717) is 11.8 Å². The third-order valence-electron chi connectivity index (χ3n) is 2.48. The summed E-state index contributed by atoms with van der Waals surface area (Å²) in [5.41, 5.74) is 4.15. The van der Waals surface area contributed by atoms with Gasteiger partial charge in [-0.3, -0.25) is 0 Å². The van der Waals surface area contributed by atoms with Crippen LogP contribution >= 0.6 is 27.7 Å². The van der Waals surface area contributed by atoms with E-state index in [2.05, 4.69) is 15.9 Å². The molecule has 112 valence electrons. The zero-order valence-electron chi connectivity index (χ0n) is 10.1. The minimum Gasteiger partial charge on any atom is -0.399 e. The molecule has 8 heteroatoms. The van der Waals surface area contributed by atoms with E-state index in [1.54, 1.807) is 0 Å². The molecule has 2 N–H and O–H groups in total. The first-order valence-corrected chi connectivity index (χ1v) is 7.08. The summed E-state index contributed by atoms with van der Waals surface area (Å²) in [4.78, 5) is -0.828. The molecule has 0 atom stereocenters. The topological polar surface area (TPSA) is 26.0 Å². The normalized spacial score (nSPS) is 11.7. The van der Waals surface area contributed by atoms with Crippen molar-refractivity contribution >= 4 is 33.4 Å². The second-order valence-corrected chi connectivity index (χ2v) is 6.02. The Morgan fingerprint density at radius 3 is 2.10 bits per heavy atom. The fraction of sp³-hybridized carbons (Fsp3) is 0.0769. The minimum absolute atomic E-state index is 0.138. The van der Waals surface area contributed by atoms with Crippen LogP contribution in [0.2, 0.25) is 0 Å². The Morgan fingerprint density at radius 1 is 1.00 bits per heavy atom. The molecule has 0 aliphatic heterocycles. The molecule has 21 heavy (non-hydrogen) atoms. The van der Waals surface area contributed by atoms with Crippen LogP contribution in [0, 0.1) is 11.6 Å². The molecule has 0 saturated heterocycles. The number of nitrogens with two attached hydrogens (primary N) is 1. The molecule has 2 aromatic carbocycles. The number of rotatable bonds is 2. The van der Waals surface area contributed by atoms with Gasteiger partial charge in [-0.2, -0.15) is 13.2 Å². The Morgan fingerprint density at radius 2 is 1.57 bits per heavy atom. The number of hydrogen-bond acceptors (Lipinski definition) is 2. The van der Waals surface area contributed by atoms with Crippen LogP contribution in [0.4, 0.5) is 27.6 Å². The largest absolute Gasteiger partial charge is 0.417 e. The van der Waals surface area contributed by atoms with Gasteiger partial charge in [0.25, 0.3) is 0 Å². The lowest BCUT2D eigenvalue weighted by atomic mass is 10.2. The molecule has 0 spiro atoms. The lowest BCUT2D eigenvalue weighted by Crippen LogP contribution is -2.07. The molecule has 0 heterocycles. The summed E-state index contributed by atoms with van der Waals surface area (Å²) >= 11 is 3.30. The van der Waals surface area contributed by atoms with E-state index in [4.69, 9.17) is 5.73 Å². The Balaban J connectivity index is 2.50. The fourth-order valence-corrected chi connectivity index (χ4v) is 2.91. The molecule has 0 aromatic heterocycles. The molecule has 0 aliphatic carbocycles. The summed E-state index contributed by atoms with van der Waals surface area (Å²) in [6.07, 6.45) is -4.63. The van der Waals surface area contributed by atoms with Crippen LogP contribution in [-0.2, 0) is 6.18 Å². The predicted octanol–water partition coefficient (Wildman–Crippen LogP) is 5.48. The number of benzene rings is 2. The SMILES string of the molecule is Nc1cc(F)c(Sc2ccc(Br)cc2C(F)(F)F)c(F)c1. The third-order valence-corrected chi connectivity index (χ3v) is 4.14. The first-order valence-electron chi connectivity index (χ1n) is 5.47. The Kier molecular flexibility index (Phi) is 4.48. The van der Waals surface area contributed by atoms with Crippen molar-refractivity contribution in [1.82, 2.24) is 0 Å². The molecule has 0 amide bonds. The molecular weight excluding hydrogens is 377 g/mol. The van der Waals surface area contributed by atoms with E-state index >= 15 is 0 Å². The van der Waals surface area contributed by atoms with Crippen molar-refractivity contribution in [2.24, 2.45) is 0 Å². The molecular formula is C13H7BrF5NS. The maximum absolute atomic E-state index is 13.7. The Labute approximate surface area is 129 Å². The highest BCUT2D eigenvalue weighted by molar-refractivity contribution is 9.10. The van der Waals surface area contributed by atoms with Crippen LogP contribution < -0.4 is 5.73 Å². The summed E-state index contributed by atoms with van der Waals surface area (Å²) in [5, 5.41) is 0. The molecule has 0 unspecified atom stereocenters. The van der Waals surface area contributed by atoms with Gasteiger partial charge in [-0.05, 0) is 30.3 Å². The highest BCUT2D eigenvalue weighted by Crippen LogP contribution is 2.42. The maximum atomic E-state index is 13.7. The minimum atomic E-state index is -4.63. The van der Waals surface area contributed by atoms with Gasteiger partial charge in [-0.25, -0.2) is 8.78 Å². The molecule has 0 bridgehead atoms. The van der Waals surface area contributed by atoms with E-state index in [1.807, 2.05) is 0 Å². The molecule has 2 aromatic rings. The van der Waals surface area contributed by atoms with Gasteiger partial charge in [0, 0.05) is 15.1 Å². The smallest absolute Gasteiger partial charge is 0.399 e. The lowest BCUT2D eigenvalue weighted by molar-refractivity contribution is -0.139. The Hall–Kier alpha value is -1.28. The summed E-state index contributed by atoms with van der Waals surface area (Å²) in [6, 6.07) is 5.09. The predicted molar refractivity (Wildman–Crippen MR) is 74.0 cm³/mol. The number of anilines is 1. The van der Waals surface area contributed by atoms with Crippen molar-refractivity contribution in [1.29, 1.82) is 0 Å². The van der Waals surface area contributed by atoms with Crippen LogP contribution in [0.3, 0.4) is 0 Å². The fourth-order valence-electron chi connectivity index (χ4n) is 1.60. The monoisotopic (exact) mass is 383 g/mol. The summed E-state index contributed by atoms with van der Waals surface area (Å²) < 4.78 is 66.4. The van der Waals surface area contributed by atoms with E-state index in [0.717, 1.165) is 24.3 Å². The van der Waals surface area contributed by atoms with Gasteiger partial charge in [0.15, 0.2) is 0 Å². The van der Waals surface area contributed by atoms with Gasteiger partial charge < -0.3 is 5.73 Å². The number of halogens is 6. The van der Waals surface area contributed by atoms with E-state index in [9.17, 15) is 22.0 Å². The molecule has 2 rings (SSSR count). The number of hydrogen-bond donors (Lipinski definition) is 1. The Bertz CT molecular complexity index is 664. The van der Waals surface area contributed by atoms with Crippen molar-refractivity contribution in [3.8, 4) is 0 Å². The second-order valence-electron chi connectivity index (χ2n) is 4.05. The van der Waals surface area contributed by atoms with Crippen molar-refractivity contribution in [2.75, 3.05) is 5.73 Å². The molecule has 0 fully saturated rings. The summed E-state index contributed by atoms with van der Waals surface area (Å²) in [5.74, 6) is -2.01. The van der Waals surface area contributed by atoms with Crippen LogP contribution in [-0.4, -0.2) is 0 Å². The molecule has 1 nitrogen and oxygen atoms in total. The maximum Gasteiger partial charge on any atom is 0.417 e. The van der Waals surface area contributed by atoms with E-state index in [1.165, 1.54) is 6.07 Å². The van der Waals surface area contributed by atoms with Crippen molar-refractivity contribution < 1.29 is 22.0 Å². The highest BCUT2D eigenvalue weighted by atomic mass is 79.9. The first kappa shape index (κ1) is 16.1. The summed E-state index contributed by atoms with van der Waals surface area (Å²) in [6.45, 7) is 0. The zero-order chi connectivity index (χ0) is 15.8. The molecule has 0 saturated carbocycles. The van der Waals surface area contributed by atoms with Gasteiger partial charge in [0.1, 0.15) is 11.6 Å². The standard InChI is InChI=1S/C13H7BrF5NS/c14-6-1-2-11(8(3-6)13(17,18)19)21-12-9(15)4-7(20)5-10(12)16/h1-5H,20H2. The third kappa shape index (κ3) is 3.68. The van der Waals surface area contributed by atoms with Gasteiger partial charge in [0.2, 0.25) is 0 Å². The second kappa shape index (κ2) is 5.84. The quantitative estimate of drug-likeness (QED) is 0.548. The van der Waals surface area contributed by atoms with E-state index < -0.39 is 28.3 Å². The van der Waals surface area contributed by atoms with Crippen LogP contribution in [0.5, 0.6) is 0 Å². The first-order chi connectivity index (χ1) is 9.68. The van der Waals surface area contributed by atoms with Crippen LogP contribution in [0.25, 0.3) is 0 Å². The van der Waals surface area contributed by atoms with Gasteiger partial charge >= 0.3 is 6.18 Å². The zero-order valence-corrected chi connectivity index (χ0v) is 12.5. The molecule has 0 radical (unpaired) electrons. The van der Waals surface area contributed by atoms with Gasteiger partial charge in [0.05, 0.1) is 10.5 Å². The van der Waals surface area contributed by atoms with Crippen LogP contribution in [0.1, 0.15) is 5.56 Å². The van der Waals surface area contributed by atoms with E-state index in [-0.39, 0.29) is 15.1 Å². The number of nitrogen functional groups attached to an aromatic ring is 1. The van der Waals surface area contributed by atoms with Crippen LogP contribution in [0.15, 0.2) is 44.6 Å². The van der Waals surface area contributed by atoms with Gasteiger partial charge in [-0.15, -0.1) is 0 Å². The van der Waals surface area contributed by atoms with Crippen molar-refractivity contribution in [3.05, 3.63) is 52.0 Å². The van der Waals surface area contributed by atoms with Crippen molar-refractivity contribution in [3.63, 3.8) is 0 Å². The molecule has 0 aliphatic rings. The lowest BCUT2D eigenvalue weighted by Gasteiger charge is -2.13. The average Bonchev–Trinajstić information content (AvgIpc) is 2.34.